The highest BCUT2D eigenvalue weighted by Crippen LogP contribution is 2.31. The number of ether oxygens (including phenoxy) is 3. The third-order valence-corrected chi connectivity index (χ3v) is 4.55. The molecule has 1 unspecified atom stereocenters. The summed E-state index contributed by atoms with van der Waals surface area (Å²) in [5, 5.41) is -0.275. The van der Waals surface area contributed by atoms with E-state index in [0.717, 1.165) is 32.4 Å². The van der Waals surface area contributed by atoms with Gasteiger partial charge in [-0.05, 0) is 13.0 Å². The van der Waals surface area contributed by atoms with E-state index in [4.69, 9.17) is 21.1 Å². The number of esters is 1. The van der Waals surface area contributed by atoms with Gasteiger partial charge in [0, 0.05) is 19.2 Å². The molecule has 2 rings (SSSR count). The fourth-order valence-electron chi connectivity index (χ4n) is 2.67. The van der Waals surface area contributed by atoms with Gasteiger partial charge in [-0.2, -0.15) is 13.2 Å². The van der Waals surface area contributed by atoms with E-state index in [-0.39, 0.29) is 31.7 Å². The molecule has 1 heterocycles. The van der Waals surface area contributed by atoms with Gasteiger partial charge in [-0.25, -0.2) is 18.5 Å². The fraction of sp³-hybridized carbons (Fsp3) is 0.316. The van der Waals surface area contributed by atoms with Crippen LogP contribution in [-0.4, -0.2) is 35.4 Å². The number of hydrogen-bond acceptors (Lipinski definition) is 6. The maximum atomic E-state index is 14.6. The van der Waals surface area contributed by atoms with E-state index in [2.05, 4.69) is 4.74 Å². The molecule has 0 aliphatic rings. The lowest BCUT2D eigenvalue weighted by Gasteiger charge is -2.19. The molecule has 0 fully saturated rings. The highest BCUT2D eigenvalue weighted by Gasteiger charge is 2.35. The first-order valence-corrected chi connectivity index (χ1v) is 9.09. The molecule has 13 heteroatoms. The number of carbonyl (C=O) groups is 1. The molecule has 0 aliphatic carbocycles. The largest absolute Gasteiger partial charge is 0.497 e. The molecular formula is C19H17ClF4N2O6. The summed E-state index contributed by atoms with van der Waals surface area (Å²) < 4.78 is 69.1. The van der Waals surface area contributed by atoms with Gasteiger partial charge in [-0.3, -0.25) is 9.36 Å². The molecule has 0 radical (unpaired) electrons. The van der Waals surface area contributed by atoms with Crippen molar-refractivity contribution in [3.63, 3.8) is 0 Å². The Hall–Kier alpha value is -3.28. The van der Waals surface area contributed by atoms with E-state index < -0.39 is 46.7 Å². The van der Waals surface area contributed by atoms with Gasteiger partial charge in [-0.1, -0.05) is 11.6 Å². The number of rotatable bonds is 6. The minimum atomic E-state index is -4.98. The molecule has 174 valence electrons. The first-order chi connectivity index (χ1) is 14.8. The summed E-state index contributed by atoms with van der Waals surface area (Å²) in [6.45, 7) is 1.45. The predicted molar refractivity (Wildman–Crippen MR) is 104 cm³/mol. The summed E-state index contributed by atoms with van der Waals surface area (Å²) in [5.41, 5.74) is -5.04. The molecule has 2 aromatic rings. The van der Waals surface area contributed by atoms with Crippen LogP contribution in [0.25, 0.3) is 5.69 Å². The van der Waals surface area contributed by atoms with Gasteiger partial charge < -0.3 is 14.2 Å². The first kappa shape index (κ1) is 25.0. The molecule has 0 saturated carbocycles. The molecule has 0 amide bonds. The van der Waals surface area contributed by atoms with Crippen molar-refractivity contribution in [2.75, 3.05) is 14.2 Å². The molecule has 0 spiro atoms. The van der Waals surface area contributed by atoms with Gasteiger partial charge in [-0.15, -0.1) is 0 Å². The molecule has 0 aliphatic heterocycles. The summed E-state index contributed by atoms with van der Waals surface area (Å²) in [7, 11) is 3.18. The summed E-state index contributed by atoms with van der Waals surface area (Å²) in [4.78, 5) is 36.1. The van der Waals surface area contributed by atoms with E-state index in [0.29, 0.717) is 0 Å². The van der Waals surface area contributed by atoms with Crippen molar-refractivity contribution in [1.82, 2.24) is 9.13 Å². The Bertz CT molecular complexity index is 1190. The van der Waals surface area contributed by atoms with E-state index in [1.165, 1.54) is 14.0 Å². The number of aromatic nitrogens is 2. The van der Waals surface area contributed by atoms with Crippen LogP contribution in [0.3, 0.4) is 0 Å². The van der Waals surface area contributed by atoms with Crippen LogP contribution in [0, 0.1) is 5.82 Å². The summed E-state index contributed by atoms with van der Waals surface area (Å²) in [6, 6.07) is 1.76. The van der Waals surface area contributed by atoms with Crippen LogP contribution >= 0.6 is 11.6 Å². The summed E-state index contributed by atoms with van der Waals surface area (Å²) in [5.74, 6) is -2.15. The smallest absolute Gasteiger partial charge is 0.431 e. The Morgan fingerprint density at radius 1 is 1.16 bits per heavy atom. The van der Waals surface area contributed by atoms with E-state index >= 15 is 0 Å². The second-order valence-corrected chi connectivity index (χ2v) is 6.72. The number of benzene rings is 1. The Balaban J connectivity index is 2.61. The maximum absolute atomic E-state index is 14.6. The van der Waals surface area contributed by atoms with Crippen molar-refractivity contribution in [1.29, 1.82) is 0 Å². The Labute approximate surface area is 183 Å². The minimum Gasteiger partial charge on any atom is -0.497 e. The van der Waals surface area contributed by atoms with Crippen LogP contribution in [0.15, 0.2) is 39.6 Å². The summed E-state index contributed by atoms with van der Waals surface area (Å²) >= 11 is 5.97. The normalized spacial score (nSPS) is 13.0. The van der Waals surface area contributed by atoms with Crippen LogP contribution in [-0.2, 0) is 27.5 Å². The number of nitrogens with zero attached hydrogens (tertiary/aromatic N) is 2. The zero-order valence-corrected chi connectivity index (χ0v) is 17.9. The second kappa shape index (κ2) is 9.47. The van der Waals surface area contributed by atoms with Crippen LogP contribution < -0.4 is 16.0 Å². The van der Waals surface area contributed by atoms with Crippen LogP contribution in [0.4, 0.5) is 17.6 Å². The number of methoxy groups -OCH3 is 2. The molecule has 8 nitrogen and oxygen atoms in total. The molecule has 1 atom stereocenters. The Morgan fingerprint density at radius 3 is 2.31 bits per heavy atom. The van der Waals surface area contributed by atoms with Gasteiger partial charge in [0.15, 0.2) is 6.10 Å². The lowest BCUT2D eigenvalue weighted by atomic mass is 10.2. The van der Waals surface area contributed by atoms with Crippen molar-refractivity contribution in [3.05, 3.63) is 67.4 Å². The van der Waals surface area contributed by atoms with Gasteiger partial charge >= 0.3 is 17.8 Å². The average molecular weight is 481 g/mol. The van der Waals surface area contributed by atoms with Crippen molar-refractivity contribution < 1.29 is 36.6 Å². The number of alkyl halides is 3. The van der Waals surface area contributed by atoms with E-state index in [1.54, 1.807) is 0 Å². The topological polar surface area (TPSA) is 88.8 Å². The molecule has 0 bridgehead atoms. The Morgan fingerprint density at radius 2 is 1.78 bits per heavy atom. The average Bonchev–Trinajstić information content (AvgIpc) is 2.70. The van der Waals surface area contributed by atoms with E-state index in [9.17, 15) is 31.9 Å². The SMILES string of the molecule is COC(=O)C=C(OC)C(C)Oc1cc(-n2c(=O)cc(C(F)(F)F)n(C)c2=O)c(F)cc1Cl. The van der Waals surface area contributed by atoms with Crippen LogP contribution in [0.5, 0.6) is 5.75 Å². The number of carbonyl (C=O) groups excluding carboxylic acids is 1. The predicted octanol–water partition coefficient (Wildman–Crippen LogP) is 2.82. The van der Waals surface area contributed by atoms with Gasteiger partial charge in [0.05, 0.1) is 31.0 Å². The van der Waals surface area contributed by atoms with Crippen molar-refractivity contribution in [2.45, 2.75) is 19.2 Å². The van der Waals surface area contributed by atoms with Gasteiger partial charge in [0.2, 0.25) is 0 Å². The van der Waals surface area contributed by atoms with Gasteiger partial charge in [0.25, 0.3) is 5.56 Å². The Kier molecular flexibility index (Phi) is 7.39. The second-order valence-electron chi connectivity index (χ2n) is 6.31. The van der Waals surface area contributed by atoms with Crippen molar-refractivity contribution in [2.24, 2.45) is 7.05 Å². The first-order valence-electron chi connectivity index (χ1n) is 8.71. The summed E-state index contributed by atoms with van der Waals surface area (Å²) in [6.07, 6.45) is -4.96. The lowest BCUT2D eigenvalue weighted by molar-refractivity contribution is -0.144. The molecular weight excluding hydrogens is 464 g/mol. The molecule has 32 heavy (non-hydrogen) atoms. The van der Waals surface area contributed by atoms with Crippen molar-refractivity contribution >= 4 is 17.6 Å². The van der Waals surface area contributed by atoms with Gasteiger partial charge in [0.1, 0.15) is 23.0 Å². The zero-order chi connectivity index (χ0) is 24.4. The third kappa shape index (κ3) is 5.13. The highest BCUT2D eigenvalue weighted by molar-refractivity contribution is 6.32. The molecule has 1 aromatic carbocycles. The zero-order valence-electron chi connectivity index (χ0n) is 17.1. The van der Waals surface area contributed by atoms with E-state index in [1.807, 2.05) is 0 Å². The maximum Gasteiger partial charge on any atom is 0.431 e. The standard InChI is InChI=1S/C19H17ClF4N2O6/c1-9(13(30-3)7-17(28)31-4)32-14-6-12(11(21)5-10(14)20)26-16(27)8-15(19(22,23)24)25(2)18(26)29/h5-9H,1-4H3. The van der Waals surface area contributed by atoms with Crippen LogP contribution in [0.2, 0.25) is 5.02 Å². The lowest BCUT2D eigenvalue weighted by Crippen LogP contribution is -2.41. The highest BCUT2D eigenvalue weighted by atomic mass is 35.5. The minimum absolute atomic E-state index is 0.00130. The molecule has 1 aromatic heterocycles. The number of hydrogen-bond donors (Lipinski definition) is 0. The third-order valence-electron chi connectivity index (χ3n) is 4.25. The van der Waals surface area contributed by atoms with Crippen LogP contribution in [0.1, 0.15) is 12.6 Å². The molecule has 0 N–H and O–H groups in total. The monoisotopic (exact) mass is 480 g/mol. The fourth-order valence-corrected chi connectivity index (χ4v) is 2.86. The number of halogens is 5. The molecule has 0 saturated heterocycles. The van der Waals surface area contributed by atoms with Crippen molar-refractivity contribution in [3.8, 4) is 11.4 Å². The quantitative estimate of drug-likeness (QED) is 0.273.